The molecule has 170 valence electrons. The van der Waals surface area contributed by atoms with E-state index in [1.165, 1.54) is 11.7 Å². The van der Waals surface area contributed by atoms with Crippen molar-refractivity contribution in [1.82, 2.24) is 19.1 Å². The molecular formula is C18H23F3N6O4. The molecule has 10 nitrogen and oxygen atoms in total. The minimum Gasteiger partial charge on any atom is -0.475 e. The summed E-state index contributed by atoms with van der Waals surface area (Å²) in [7, 11) is 3.12. The van der Waals surface area contributed by atoms with Crippen molar-refractivity contribution in [3.8, 4) is 17.9 Å². The number of carbonyl (C=O) groups is 1. The number of carboxylic acids is 1. The molecule has 1 unspecified atom stereocenters. The van der Waals surface area contributed by atoms with E-state index in [0.717, 1.165) is 19.4 Å². The summed E-state index contributed by atoms with van der Waals surface area (Å²) >= 11 is 0. The summed E-state index contributed by atoms with van der Waals surface area (Å²) in [5.41, 5.74) is 6.72. The van der Waals surface area contributed by atoms with Gasteiger partial charge in [-0.15, -0.1) is 5.92 Å². The SMILES string of the molecule is CC#CCn1c(N2CCCC(N)C2)nc2nc(OC)n(C)c(=O)c21.O=C(O)C(F)(F)F. The molecule has 13 heteroatoms. The Morgan fingerprint density at radius 2 is 2.03 bits per heavy atom. The van der Waals surface area contributed by atoms with Gasteiger partial charge in [0.2, 0.25) is 5.95 Å². The average molecular weight is 444 g/mol. The first-order chi connectivity index (χ1) is 14.5. The molecule has 3 N–H and O–H groups in total. The van der Waals surface area contributed by atoms with Crippen LogP contribution in [0.4, 0.5) is 19.1 Å². The van der Waals surface area contributed by atoms with Gasteiger partial charge >= 0.3 is 18.2 Å². The second kappa shape index (κ2) is 9.69. The number of alkyl halides is 3. The largest absolute Gasteiger partial charge is 0.490 e. The topological polar surface area (TPSA) is 128 Å². The predicted octanol–water partition coefficient (Wildman–Crippen LogP) is 0.723. The smallest absolute Gasteiger partial charge is 0.475 e. The van der Waals surface area contributed by atoms with Gasteiger partial charge < -0.3 is 20.5 Å². The second-order valence-electron chi connectivity index (χ2n) is 6.71. The Morgan fingerprint density at radius 1 is 1.39 bits per heavy atom. The molecule has 0 bridgehead atoms. The van der Waals surface area contributed by atoms with Gasteiger partial charge in [0.25, 0.3) is 5.56 Å². The van der Waals surface area contributed by atoms with Crippen LogP contribution in [-0.4, -0.2) is 62.6 Å². The third-order valence-electron chi connectivity index (χ3n) is 4.50. The van der Waals surface area contributed by atoms with Crippen molar-refractivity contribution in [3.63, 3.8) is 0 Å². The van der Waals surface area contributed by atoms with E-state index in [2.05, 4.69) is 26.7 Å². The summed E-state index contributed by atoms with van der Waals surface area (Å²) in [6.07, 6.45) is -3.09. The van der Waals surface area contributed by atoms with Crippen LogP contribution in [0.15, 0.2) is 4.79 Å². The number of piperidine rings is 1. The Morgan fingerprint density at radius 3 is 2.55 bits per heavy atom. The van der Waals surface area contributed by atoms with Gasteiger partial charge in [-0.2, -0.15) is 23.1 Å². The lowest BCUT2D eigenvalue weighted by molar-refractivity contribution is -0.192. The van der Waals surface area contributed by atoms with Crippen LogP contribution in [0.1, 0.15) is 19.8 Å². The number of anilines is 1. The third kappa shape index (κ3) is 5.46. The highest BCUT2D eigenvalue weighted by Crippen LogP contribution is 2.23. The highest BCUT2D eigenvalue weighted by molar-refractivity contribution is 5.75. The normalized spacial score (nSPS) is 16.2. The van der Waals surface area contributed by atoms with Crippen LogP contribution in [0, 0.1) is 11.8 Å². The Kier molecular flexibility index (Phi) is 7.50. The summed E-state index contributed by atoms with van der Waals surface area (Å²) in [5.74, 6) is 3.83. The fourth-order valence-corrected chi connectivity index (χ4v) is 3.05. The first-order valence-corrected chi connectivity index (χ1v) is 9.22. The second-order valence-corrected chi connectivity index (χ2v) is 6.71. The zero-order chi connectivity index (χ0) is 23.3. The van der Waals surface area contributed by atoms with Gasteiger partial charge in [0.1, 0.15) is 0 Å². The monoisotopic (exact) mass is 444 g/mol. The van der Waals surface area contributed by atoms with E-state index < -0.39 is 12.1 Å². The Hall–Kier alpha value is -3.27. The zero-order valence-electron chi connectivity index (χ0n) is 17.2. The molecular weight excluding hydrogens is 421 g/mol. The average Bonchev–Trinajstić information content (AvgIpc) is 3.07. The molecule has 31 heavy (non-hydrogen) atoms. The van der Waals surface area contributed by atoms with Crippen LogP contribution >= 0.6 is 0 Å². The molecule has 0 amide bonds. The highest BCUT2D eigenvalue weighted by atomic mass is 19.4. The minimum atomic E-state index is -5.08. The number of hydrogen-bond acceptors (Lipinski definition) is 7. The number of rotatable bonds is 3. The summed E-state index contributed by atoms with van der Waals surface area (Å²) in [6.45, 7) is 3.72. The number of imidazole rings is 1. The molecule has 3 rings (SSSR count). The fraction of sp³-hybridized carbons (Fsp3) is 0.556. The Labute approximate surface area is 175 Å². The molecule has 1 fully saturated rings. The molecule has 0 radical (unpaired) electrons. The van der Waals surface area contributed by atoms with Crippen molar-refractivity contribution in [3.05, 3.63) is 10.4 Å². The number of ether oxygens (including phenoxy) is 1. The fourth-order valence-electron chi connectivity index (χ4n) is 3.05. The molecule has 0 aliphatic carbocycles. The lowest BCUT2D eigenvalue weighted by atomic mass is 10.1. The van der Waals surface area contributed by atoms with Crippen molar-refractivity contribution < 1.29 is 27.8 Å². The van der Waals surface area contributed by atoms with Crippen LogP contribution in [0.25, 0.3) is 11.2 Å². The molecule has 2 aromatic heterocycles. The quantitative estimate of drug-likeness (QED) is 0.663. The number of fused-ring (bicyclic) bond motifs is 1. The number of aromatic nitrogens is 4. The summed E-state index contributed by atoms with van der Waals surface area (Å²) in [5, 5.41) is 7.12. The Bertz CT molecular complexity index is 1070. The maximum absolute atomic E-state index is 12.7. The lowest BCUT2D eigenvalue weighted by Crippen LogP contribution is -2.44. The van der Waals surface area contributed by atoms with E-state index in [-0.39, 0.29) is 17.6 Å². The van der Waals surface area contributed by atoms with Crippen LogP contribution in [-0.2, 0) is 18.4 Å². The van der Waals surface area contributed by atoms with E-state index in [4.69, 9.17) is 20.4 Å². The third-order valence-corrected chi connectivity index (χ3v) is 4.50. The predicted molar refractivity (Wildman–Crippen MR) is 106 cm³/mol. The molecule has 1 aliphatic rings. The number of nitrogens with zero attached hydrogens (tertiary/aromatic N) is 5. The molecule has 1 atom stereocenters. The molecule has 0 aromatic carbocycles. The summed E-state index contributed by atoms with van der Waals surface area (Å²) < 4.78 is 40.1. The molecule has 0 spiro atoms. The van der Waals surface area contributed by atoms with Crippen molar-refractivity contribution in [2.75, 3.05) is 25.1 Å². The van der Waals surface area contributed by atoms with Crippen molar-refractivity contribution in [2.24, 2.45) is 12.8 Å². The molecule has 3 heterocycles. The number of aliphatic carboxylic acids is 1. The van der Waals surface area contributed by atoms with Gasteiger partial charge in [-0.1, -0.05) is 5.92 Å². The Balaban J connectivity index is 0.000000423. The summed E-state index contributed by atoms with van der Waals surface area (Å²) in [6, 6.07) is 0.343. The van der Waals surface area contributed by atoms with E-state index in [0.29, 0.717) is 30.2 Å². The lowest BCUT2D eigenvalue weighted by Gasteiger charge is -2.31. The zero-order valence-corrected chi connectivity index (χ0v) is 17.2. The molecule has 2 aromatic rings. The van der Waals surface area contributed by atoms with Crippen LogP contribution in [0.3, 0.4) is 0 Å². The van der Waals surface area contributed by atoms with Crippen molar-refractivity contribution >= 4 is 23.1 Å². The number of methoxy groups -OCH3 is 1. The number of halogens is 3. The maximum Gasteiger partial charge on any atom is 0.490 e. The van der Waals surface area contributed by atoms with E-state index in [1.807, 2.05) is 4.57 Å². The van der Waals surface area contributed by atoms with Gasteiger partial charge in [-0.05, 0) is 19.8 Å². The standard InChI is InChI=1S/C16H22N6O2.C2HF3O2/c1-4-5-9-22-12-13(19-16(24-3)20(2)14(12)23)18-15(22)21-8-6-7-11(17)10-21;3-2(4,5)1(6)7/h11H,6-10,17H2,1-3H3;(H,6,7). The molecule has 1 aliphatic heterocycles. The van der Waals surface area contributed by atoms with Crippen LogP contribution in [0.2, 0.25) is 0 Å². The van der Waals surface area contributed by atoms with Crippen LogP contribution in [0.5, 0.6) is 6.01 Å². The first kappa shape index (κ1) is 24.0. The molecule has 0 saturated carbocycles. The van der Waals surface area contributed by atoms with Crippen molar-refractivity contribution in [1.29, 1.82) is 0 Å². The van der Waals surface area contributed by atoms with Crippen molar-refractivity contribution in [2.45, 2.75) is 38.5 Å². The van der Waals surface area contributed by atoms with Gasteiger partial charge in [0.05, 0.1) is 13.7 Å². The van der Waals surface area contributed by atoms with E-state index >= 15 is 0 Å². The van der Waals surface area contributed by atoms with E-state index in [1.54, 1.807) is 14.0 Å². The maximum atomic E-state index is 12.7. The molecule has 1 saturated heterocycles. The van der Waals surface area contributed by atoms with Gasteiger partial charge in [-0.3, -0.25) is 13.9 Å². The van der Waals surface area contributed by atoms with E-state index in [9.17, 15) is 18.0 Å². The number of carboxylic acid groups (broad SMARTS) is 1. The van der Waals surface area contributed by atoms with Gasteiger partial charge in [0.15, 0.2) is 11.2 Å². The van der Waals surface area contributed by atoms with Crippen LogP contribution < -0.4 is 20.9 Å². The van der Waals surface area contributed by atoms with Gasteiger partial charge in [0, 0.05) is 26.2 Å². The minimum absolute atomic E-state index is 0.106. The number of nitrogens with two attached hydrogens (primary N) is 1. The highest BCUT2D eigenvalue weighted by Gasteiger charge is 2.38. The first-order valence-electron chi connectivity index (χ1n) is 9.22. The summed E-state index contributed by atoms with van der Waals surface area (Å²) in [4.78, 5) is 32.7. The number of hydrogen-bond donors (Lipinski definition) is 2. The van der Waals surface area contributed by atoms with Gasteiger partial charge in [-0.25, -0.2) is 4.79 Å².